The predicted molar refractivity (Wildman–Crippen MR) is 98.7 cm³/mol. The summed E-state index contributed by atoms with van der Waals surface area (Å²) in [5.74, 6) is 0.291. The topological polar surface area (TPSA) is 106 Å². The fourth-order valence-electron chi connectivity index (χ4n) is 2.21. The van der Waals surface area contributed by atoms with Crippen LogP contribution in [0.5, 0.6) is 0 Å². The van der Waals surface area contributed by atoms with E-state index in [0.29, 0.717) is 48.0 Å². The molecule has 2 aromatic rings. The third-order valence-corrected chi connectivity index (χ3v) is 3.44. The minimum atomic E-state index is -0.502. The van der Waals surface area contributed by atoms with E-state index in [0.717, 1.165) is 0 Å². The second-order valence-corrected chi connectivity index (χ2v) is 6.96. The number of likely N-dealkylation sites (N-methyl/N-ethyl adjacent to an activating group) is 1. The van der Waals surface area contributed by atoms with Gasteiger partial charge in [0, 0.05) is 32.2 Å². The summed E-state index contributed by atoms with van der Waals surface area (Å²) in [5, 5.41) is 21.5. The van der Waals surface area contributed by atoms with Gasteiger partial charge in [-0.15, -0.1) is 0 Å². The molecule has 2 rings (SSSR count). The molecule has 0 spiro atoms. The molecular weight excluding hydrogens is 336 g/mol. The summed E-state index contributed by atoms with van der Waals surface area (Å²) in [7, 11) is 1.94. The van der Waals surface area contributed by atoms with Gasteiger partial charge in [0.15, 0.2) is 0 Å². The van der Waals surface area contributed by atoms with Crippen molar-refractivity contribution in [1.29, 1.82) is 0 Å². The first-order valence-electron chi connectivity index (χ1n) is 8.50. The average molecular weight is 362 g/mol. The van der Waals surface area contributed by atoms with Crippen molar-refractivity contribution in [2.24, 2.45) is 0 Å². The highest BCUT2D eigenvalue weighted by Crippen LogP contribution is 2.07. The largest absolute Gasteiger partial charge is 0.594 e. The predicted octanol–water partition coefficient (Wildman–Crippen LogP) is 1.13. The summed E-state index contributed by atoms with van der Waals surface area (Å²) in [6, 6.07) is 7.04. The van der Waals surface area contributed by atoms with E-state index in [1.165, 1.54) is 0 Å². The lowest BCUT2D eigenvalue weighted by molar-refractivity contribution is -0.641. The Morgan fingerprint density at radius 1 is 1.27 bits per heavy atom. The first kappa shape index (κ1) is 19.6. The Balaban J connectivity index is 1.71. The van der Waals surface area contributed by atoms with Gasteiger partial charge >= 0.3 is 6.09 Å². The van der Waals surface area contributed by atoms with Crippen LogP contribution in [0, 0.1) is 5.21 Å². The van der Waals surface area contributed by atoms with Crippen molar-refractivity contribution in [3.63, 3.8) is 0 Å². The van der Waals surface area contributed by atoms with Gasteiger partial charge in [0.25, 0.3) is 11.5 Å². The molecule has 142 valence electrons. The molecule has 0 saturated heterocycles. The molecule has 0 unspecified atom stereocenters. The number of hydrogen-bond acceptors (Lipinski definition) is 7. The van der Waals surface area contributed by atoms with Crippen molar-refractivity contribution in [2.45, 2.75) is 26.4 Å². The standard InChI is InChI=1S/C17H26N6O3/c1-17(2,3)26-16(24)19-10-12-22(4)11-9-18-15-20-13-7-5-6-8-14(13)23(25)21-15/h5-8H,9-12H2,1-4H3,(H,19,24)(H,18,20,21). The summed E-state index contributed by atoms with van der Waals surface area (Å²) in [4.78, 5) is 18.5. The van der Waals surface area contributed by atoms with Gasteiger partial charge in [-0.3, -0.25) is 0 Å². The molecule has 0 aliphatic heterocycles. The Hall–Kier alpha value is -2.68. The van der Waals surface area contributed by atoms with E-state index in [-0.39, 0.29) is 0 Å². The highest BCUT2D eigenvalue weighted by Gasteiger charge is 2.15. The number of fused-ring (bicyclic) bond motifs is 1. The number of hydrogen-bond donors (Lipinski definition) is 2. The fraction of sp³-hybridized carbons (Fsp3) is 0.529. The van der Waals surface area contributed by atoms with E-state index in [4.69, 9.17) is 4.74 Å². The van der Waals surface area contributed by atoms with Crippen molar-refractivity contribution in [3.05, 3.63) is 29.5 Å². The van der Waals surface area contributed by atoms with E-state index in [2.05, 4.69) is 20.7 Å². The highest BCUT2D eigenvalue weighted by molar-refractivity contribution is 5.71. The van der Waals surface area contributed by atoms with Crippen LogP contribution in [0.1, 0.15) is 20.8 Å². The first-order chi connectivity index (χ1) is 12.2. The molecule has 0 fully saturated rings. The lowest BCUT2D eigenvalue weighted by Crippen LogP contribution is -2.38. The van der Waals surface area contributed by atoms with Gasteiger partial charge in [0.05, 0.1) is 5.10 Å². The Labute approximate surface area is 152 Å². The Kier molecular flexibility index (Phi) is 6.51. The summed E-state index contributed by atoms with van der Waals surface area (Å²) in [6.45, 7) is 7.90. The van der Waals surface area contributed by atoms with Gasteiger partial charge < -0.3 is 25.5 Å². The zero-order chi connectivity index (χ0) is 19.2. The number of benzene rings is 1. The van der Waals surface area contributed by atoms with E-state index in [1.54, 1.807) is 18.2 Å². The van der Waals surface area contributed by atoms with Crippen LogP contribution in [-0.2, 0) is 4.74 Å². The Morgan fingerprint density at radius 3 is 2.69 bits per heavy atom. The molecule has 1 heterocycles. The smallest absolute Gasteiger partial charge is 0.407 e. The van der Waals surface area contributed by atoms with Crippen LogP contribution in [-0.4, -0.2) is 59.9 Å². The van der Waals surface area contributed by atoms with Crippen LogP contribution >= 0.6 is 0 Å². The third-order valence-electron chi connectivity index (χ3n) is 3.44. The maximum absolute atomic E-state index is 11.9. The van der Waals surface area contributed by atoms with E-state index in [9.17, 15) is 10.0 Å². The van der Waals surface area contributed by atoms with Crippen molar-refractivity contribution in [2.75, 3.05) is 38.5 Å². The third kappa shape index (κ3) is 6.32. The number of aromatic nitrogens is 3. The van der Waals surface area contributed by atoms with Crippen LogP contribution in [0.2, 0.25) is 0 Å². The molecule has 0 bridgehead atoms. The second-order valence-electron chi connectivity index (χ2n) is 6.96. The molecule has 0 aliphatic carbocycles. The molecule has 9 nitrogen and oxygen atoms in total. The average Bonchev–Trinajstić information content (AvgIpc) is 2.53. The van der Waals surface area contributed by atoms with Gasteiger partial charge in [-0.1, -0.05) is 12.1 Å². The van der Waals surface area contributed by atoms with Gasteiger partial charge in [0.1, 0.15) is 11.1 Å². The van der Waals surface area contributed by atoms with Crippen LogP contribution in [0.3, 0.4) is 0 Å². The molecule has 1 aromatic heterocycles. The Morgan fingerprint density at radius 2 is 1.96 bits per heavy atom. The van der Waals surface area contributed by atoms with Crippen molar-refractivity contribution < 1.29 is 14.4 Å². The van der Waals surface area contributed by atoms with E-state index < -0.39 is 11.7 Å². The lowest BCUT2D eigenvalue weighted by atomic mass is 10.2. The number of carbonyl (C=O) groups is 1. The normalized spacial score (nSPS) is 11.6. The highest BCUT2D eigenvalue weighted by atomic mass is 16.6. The van der Waals surface area contributed by atoms with Crippen molar-refractivity contribution in [1.82, 2.24) is 20.3 Å². The number of nitrogens with zero attached hydrogens (tertiary/aromatic N) is 4. The number of nitrogens with one attached hydrogen (secondary N) is 2. The second kappa shape index (κ2) is 8.61. The number of alkyl carbamates (subject to hydrolysis) is 1. The van der Waals surface area contributed by atoms with Crippen molar-refractivity contribution >= 4 is 23.1 Å². The Bertz CT molecular complexity index is 747. The minimum Gasteiger partial charge on any atom is -0.594 e. The maximum Gasteiger partial charge on any atom is 0.407 e. The molecule has 26 heavy (non-hydrogen) atoms. The molecule has 0 saturated carbocycles. The SMILES string of the molecule is CN(CCNC(=O)OC(C)(C)C)CCNc1nc2ccccc2[n+]([O-])n1. The van der Waals surface area contributed by atoms with Gasteiger partial charge in [-0.05, 0) is 38.7 Å². The van der Waals surface area contributed by atoms with Gasteiger partial charge in [0.2, 0.25) is 0 Å². The van der Waals surface area contributed by atoms with E-state index >= 15 is 0 Å². The minimum absolute atomic E-state index is 0.291. The van der Waals surface area contributed by atoms with Crippen LogP contribution < -0.4 is 15.5 Å². The van der Waals surface area contributed by atoms with Crippen LogP contribution in [0.25, 0.3) is 11.0 Å². The number of amides is 1. The number of para-hydroxylation sites is 2. The zero-order valence-corrected chi connectivity index (χ0v) is 15.7. The quantitative estimate of drug-likeness (QED) is 0.562. The molecule has 0 aliphatic rings. The molecule has 0 radical (unpaired) electrons. The molecule has 9 heteroatoms. The summed E-state index contributed by atoms with van der Waals surface area (Å²) < 4.78 is 5.18. The van der Waals surface area contributed by atoms with Crippen LogP contribution in [0.4, 0.5) is 10.7 Å². The lowest BCUT2D eigenvalue weighted by Gasteiger charge is -2.21. The first-order valence-corrected chi connectivity index (χ1v) is 8.50. The van der Waals surface area contributed by atoms with Crippen LogP contribution in [0.15, 0.2) is 24.3 Å². The van der Waals surface area contributed by atoms with Gasteiger partial charge in [-0.25, -0.2) is 9.78 Å². The molecule has 1 amide bonds. The monoisotopic (exact) mass is 362 g/mol. The summed E-state index contributed by atoms with van der Waals surface area (Å²) in [6.07, 6.45) is -0.423. The molecule has 1 aromatic carbocycles. The number of carbonyl (C=O) groups excluding carboxylic acids is 1. The summed E-state index contributed by atoms with van der Waals surface area (Å²) in [5.41, 5.74) is 0.524. The fourth-order valence-corrected chi connectivity index (χ4v) is 2.21. The number of ether oxygens (including phenoxy) is 1. The van der Waals surface area contributed by atoms with Gasteiger partial charge in [-0.2, -0.15) is 0 Å². The molecule has 2 N–H and O–H groups in total. The summed E-state index contributed by atoms with van der Waals surface area (Å²) >= 11 is 0. The zero-order valence-electron chi connectivity index (χ0n) is 15.7. The molecule has 0 atom stereocenters. The number of anilines is 1. The maximum atomic E-state index is 11.9. The molecular formula is C17H26N6O3. The number of rotatable bonds is 7. The van der Waals surface area contributed by atoms with E-state index in [1.807, 2.05) is 38.8 Å². The van der Waals surface area contributed by atoms with Crippen molar-refractivity contribution in [3.8, 4) is 0 Å².